The number of nitrogens with one attached hydrogen (secondary N) is 1. The number of non-ortho nitro benzene ring substituents is 1. The molecule has 0 aliphatic carbocycles. The standard InChI is InChI=1S/C17H21N3O8/c1-3-27-15(23)8-13(11-4-6-12(7-5-11)20(25)26)16(17(18)24)19-14(22)9-28-10(2)21/h4-7,13,16H,3,8-9H2,1-2H3,(H2,18,24)(H,19,22)/t13-,16+/m0/s1. The van der Waals surface area contributed by atoms with Gasteiger partial charge in [0, 0.05) is 25.0 Å². The van der Waals surface area contributed by atoms with E-state index in [4.69, 9.17) is 10.5 Å². The van der Waals surface area contributed by atoms with Crippen LogP contribution in [0.1, 0.15) is 31.7 Å². The molecule has 0 fully saturated rings. The van der Waals surface area contributed by atoms with Gasteiger partial charge in [-0.3, -0.25) is 29.3 Å². The second-order valence-electron chi connectivity index (χ2n) is 5.69. The van der Waals surface area contributed by atoms with Crippen LogP contribution in [0.2, 0.25) is 0 Å². The average Bonchev–Trinajstić information content (AvgIpc) is 2.63. The molecule has 0 spiro atoms. The summed E-state index contributed by atoms with van der Waals surface area (Å²) in [6.07, 6.45) is -0.312. The Morgan fingerprint density at radius 3 is 2.25 bits per heavy atom. The number of hydrogen-bond donors (Lipinski definition) is 2. The van der Waals surface area contributed by atoms with E-state index in [9.17, 15) is 29.3 Å². The molecular formula is C17H21N3O8. The maximum Gasteiger partial charge on any atom is 0.306 e. The molecule has 0 aromatic heterocycles. The van der Waals surface area contributed by atoms with E-state index in [-0.39, 0.29) is 18.7 Å². The number of amides is 2. The third-order valence-electron chi connectivity index (χ3n) is 3.66. The summed E-state index contributed by atoms with van der Waals surface area (Å²) < 4.78 is 9.45. The van der Waals surface area contributed by atoms with Crippen LogP contribution in [0.3, 0.4) is 0 Å². The molecule has 2 atom stereocenters. The summed E-state index contributed by atoms with van der Waals surface area (Å²) in [5, 5.41) is 13.1. The number of primary amides is 1. The number of ether oxygens (including phenoxy) is 2. The number of carbonyl (C=O) groups excluding carboxylic acids is 4. The predicted molar refractivity (Wildman–Crippen MR) is 94.8 cm³/mol. The number of nitrogens with zero attached hydrogens (tertiary/aromatic N) is 1. The van der Waals surface area contributed by atoms with Crippen LogP contribution in [0.4, 0.5) is 5.69 Å². The maximum absolute atomic E-state index is 12.0. The Hall–Kier alpha value is -3.50. The maximum atomic E-state index is 12.0. The van der Waals surface area contributed by atoms with Crippen molar-refractivity contribution in [2.24, 2.45) is 5.73 Å². The molecule has 152 valence electrons. The van der Waals surface area contributed by atoms with Gasteiger partial charge < -0.3 is 20.5 Å². The minimum absolute atomic E-state index is 0.103. The molecule has 0 saturated heterocycles. The van der Waals surface area contributed by atoms with Crippen LogP contribution >= 0.6 is 0 Å². The van der Waals surface area contributed by atoms with E-state index < -0.39 is 47.2 Å². The number of benzene rings is 1. The highest BCUT2D eigenvalue weighted by molar-refractivity contribution is 5.89. The van der Waals surface area contributed by atoms with E-state index in [1.165, 1.54) is 24.3 Å². The van der Waals surface area contributed by atoms with Crippen molar-refractivity contribution < 1.29 is 33.6 Å². The van der Waals surface area contributed by atoms with Crippen LogP contribution < -0.4 is 11.1 Å². The highest BCUT2D eigenvalue weighted by Crippen LogP contribution is 2.26. The van der Waals surface area contributed by atoms with E-state index >= 15 is 0 Å². The molecule has 11 heteroatoms. The topological polar surface area (TPSA) is 168 Å². The van der Waals surface area contributed by atoms with Crippen molar-refractivity contribution in [1.82, 2.24) is 5.32 Å². The summed E-state index contributed by atoms with van der Waals surface area (Å²) in [4.78, 5) is 56.9. The lowest BCUT2D eigenvalue weighted by Gasteiger charge is -2.25. The molecule has 0 radical (unpaired) electrons. The van der Waals surface area contributed by atoms with Crippen molar-refractivity contribution in [1.29, 1.82) is 0 Å². The van der Waals surface area contributed by atoms with Gasteiger partial charge in [-0.1, -0.05) is 12.1 Å². The first-order chi connectivity index (χ1) is 13.1. The first-order valence-corrected chi connectivity index (χ1v) is 8.27. The zero-order valence-electron chi connectivity index (χ0n) is 15.4. The quantitative estimate of drug-likeness (QED) is 0.321. The second kappa shape index (κ2) is 10.6. The lowest BCUT2D eigenvalue weighted by molar-refractivity contribution is -0.384. The molecule has 11 nitrogen and oxygen atoms in total. The Kier molecular flexibility index (Phi) is 8.53. The number of nitro groups is 1. The van der Waals surface area contributed by atoms with Gasteiger partial charge in [0.1, 0.15) is 6.04 Å². The third kappa shape index (κ3) is 7.02. The Morgan fingerprint density at radius 2 is 1.79 bits per heavy atom. The first-order valence-electron chi connectivity index (χ1n) is 8.27. The van der Waals surface area contributed by atoms with Gasteiger partial charge in [-0.05, 0) is 12.5 Å². The third-order valence-corrected chi connectivity index (χ3v) is 3.66. The Bertz CT molecular complexity index is 747. The van der Waals surface area contributed by atoms with Gasteiger partial charge in [0.2, 0.25) is 5.91 Å². The van der Waals surface area contributed by atoms with Crippen molar-refractivity contribution in [3.8, 4) is 0 Å². The van der Waals surface area contributed by atoms with Crippen LogP contribution in [0.5, 0.6) is 0 Å². The summed E-state index contributed by atoms with van der Waals surface area (Å²) in [5.74, 6) is -4.02. The van der Waals surface area contributed by atoms with E-state index in [1.54, 1.807) is 6.92 Å². The molecule has 0 unspecified atom stereocenters. The fourth-order valence-electron chi connectivity index (χ4n) is 2.42. The van der Waals surface area contributed by atoms with Gasteiger partial charge in [-0.25, -0.2) is 0 Å². The molecule has 3 N–H and O–H groups in total. The molecule has 1 rings (SSSR count). The summed E-state index contributed by atoms with van der Waals surface area (Å²) in [6, 6.07) is 3.78. The lowest BCUT2D eigenvalue weighted by atomic mass is 9.87. The highest BCUT2D eigenvalue weighted by atomic mass is 16.6. The van der Waals surface area contributed by atoms with Crippen LogP contribution in [-0.4, -0.2) is 47.9 Å². The zero-order valence-corrected chi connectivity index (χ0v) is 15.4. The van der Waals surface area contributed by atoms with Crippen LogP contribution in [0.15, 0.2) is 24.3 Å². The van der Waals surface area contributed by atoms with Crippen LogP contribution in [-0.2, 0) is 28.7 Å². The Morgan fingerprint density at radius 1 is 1.18 bits per heavy atom. The average molecular weight is 395 g/mol. The van der Waals surface area contributed by atoms with E-state index in [1.807, 2.05) is 0 Å². The number of nitro benzene ring substituents is 1. The van der Waals surface area contributed by atoms with E-state index in [2.05, 4.69) is 10.1 Å². The number of rotatable bonds is 10. The largest absolute Gasteiger partial charge is 0.466 e. The Balaban J connectivity index is 3.15. The van der Waals surface area contributed by atoms with Crippen molar-refractivity contribution >= 4 is 29.4 Å². The molecule has 0 saturated carbocycles. The first kappa shape index (κ1) is 22.5. The van der Waals surface area contributed by atoms with Gasteiger partial charge in [0.05, 0.1) is 18.0 Å². The second-order valence-corrected chi connectivity index (χ2v) is 5.69. The SMILES string of the molecule is CCOC(=O)C[C@@H](c1ccc([N+](=O)[O-])cc1)[C@@H](NC(=O)COC(C)=O)C(N)=O. The minimum Gasteiger partial charge on any atom is -0.466 e. The van der Waals surface area contributed by atoms with Gasteiger partial charge in [0.25, 0.3) is 11.6 Å². The summed E-state index contributed by atoms with van der Waals surface area (Å²) in [5.41, 5.74) is 5.56. The number of carbonyl (C=O) groups is 4. The smallest absolute Gasteiger partial charge is 0.306 e. The van der Waals surface area contributed by atoms with E-state index in [0.29, 0.717) is 5.56 Å². The lowest BCUT2D eigenvalue weighted by Crippen LogP contribution is -2.49. The predicted octanol–water partition coefficient (Wildman–Crippen LogP) is 0.165. The van der Waals surface area contributed by atoms with E-state index in [0.717, 1.165) is 6.92 Å². The van der Waals surface area contributed by atoms with Crippen molar-refractivity contribution in [3.63, 3.8) is 0 Å². The van der Waals surface area contributed by atoms with Crippen molar-refractivity contribution in [2.45, 2.75) is 32.2 Å². The summed E-state index contributed by atoms with van der Waals surface area (Å²) >= 11 is 0. The highest BCUT2D eigenvalue weighted by Gasteiger charge is 2.32. The fraction of sp³-hybridized carbons (Fsp3) is 0.412. The van der Waals surface area contributed by atoms with Gasteiger partial charge in [-0.2, -0.15) is 0 Å². The van der Waals surface area contributed by atoms with Gasteiger partial charge >= 0.3 is 11.9 Å². The summed E-state index contributed by atoms with van der Waals surface area (Å²) in [7, 11) is 0. The Labute approximate surface area is 160 Å². The molecule has 1 aromatic carbocycles. The molecule has 0 aliphatic heterocycles. The van der Waals surface area contributed by atoms with Crippen LogP contribution in [0.25, 0.3) is 0 Å². The van der Waals surface area contributed by atoms with Crippen LogP contribution in [0, 0.1) is 10.1 Å². The summed E-state index contributed by atoms with van der Waals surface area (Å²) in [6.45, 7) is 2.18. The van der Waals surface area contributed by atoms with Gasteiger partial charge in [0.15, 0.2) is 6.61 Å². The number of hydrogen-bond acceptors (Lipinski definition) is 8. The molecular weight excluding hydrogens is 374 g/mol. The normalized spacial score (nSPS) is 12.4. The van der Waals surface area contributed by atoms with Crippen molar-refractivity contribution in [2.75, 3.05) is 13.2 Å². The monoisotopic (exact) mass is 395 g/mol. The molecule has 0 aliphatic rings. The van der Waals surface area contributed by atoms with Crippen molar-refractivity contribution in [3.05, 3.63) is 39.9 Å². The minimum atomic E-state index is -1.34. The molecule has 1 aromatic rings. The fourth-order valence-corrected chi connectivity index (χ4v) is 2.42. The number of nitrogens with two attached hydrogens (primary N) is 1. The molecule has 0 heterocycles. The zero-order chi connectivity index (χ0) is 21.3. The molecule has 2 amide bonds. The molecule has 28 heavy (non-hydrogen) atoms. The number of esters is 2. The van der Waals surface area contributed by atoms with Gasteiger partial charge in [-0.15, -0.1) is 0 Å². The molecule has 0 bridgehead atoms.